The van der Waals surface area contributed by atoms with E-state index in [1.807, 2.05) is 21.1 Å². The van der Waals surface area contributed by atoms with E-state index in [9.17, 15) is 19.0 Å². The molecule has 0 fully saturated rings. The molecule has 10 heteroatoms. The zero-order chi connectivity index (χ0) is 38.1. The lowest BCUT2D eigenvalue weighted by atomic mass is 9.97. The molecule has 0 rings (SSSR count). The maximum absolute atomic E-state index is 12.7. The maximum atomic E-state index is 12.7. The van der Waals surface area contributed by atoms with Crippen LogP contribution in [0.15, 0.2) is 0 Å². The Labute approximate surface area is 314 Å². The monoisotopic (exact) mass is 749 g/mol. The minimum Gasteiger partial charge on any atom is -0.462 e. The number of carbonyl (C=O) groups excluding carboxylic acids is 2. The molecule has 3 atom stereocenters. The number of ether oxygens (including phenoxy) is 2. The van der Waals surface area contributed by atoms with Crippen LogP contribution in [-0.2, 0) is 32.7 Å². The van der Waals surface area contributed by atoms with Gasteiger partial charge in [0.1, 0.15) is 19.8 Å². The van der Waals surface area contributed by atoms with Crippen LogP contribution >= 0.6 is 7.82 Å². The molecule has 0 amide bonds. The summed E-state index contributed by atoms with van der Waals surface area (Å²) in [5.41, 5.74) is 0. The molecule has 0 bridgehead atoms. The lowest BCUT2D eigenvalue weighted by Crippen LogP contribution is -2.37. The number of quaternary nitrogens is 1. The quantitative estimate of drug-likeness (QED) is 0.0288. The van der Waals surface area contributed by atoms with Gasteiger partial charge in [-0.25, -0.2) is 4.57 Å². The van der Waals surface area contributed by atoms with E-state index in [0.717, 1.165) is 25.7 Å². The first-order valence-corrected chi connectivity index (χ1v) is 22.7. The third kappa shape index (κ3) is 37.1. The van der Waals surface area contributed by atoms with Crippen LogP contribution in [0.1, 0.15) is 194 Å². The van der Waals surface area contributed by atoms with Gasteiger partial charge in [-0.1, -0.05) is 168 Å². The minimum atomic E-state index is -4.37. The number of hydrogen-bond acceptors (Lipinski definition) is 7. The number of phosphoric ester groups is 1. The summed E-state index contributed by atoms with van der Waals surface area (Å²) in [6.07, 6.45) is 30.3. The lowest BCUT2D eigenvalue weighted by Gasteiger charge is -2.24. The van der Waals surface area contributed by atoms with E-state index >= 15 is 0 Å². The van der Waals surface area contributed by atoms with Crippen LogP contribution in [0.4, 0.5) is 0 Å². The molecule has 0 aliphatic rings. The average Bonchev–Trinajstić information content (AvgIpc) is 3.07. The van der Waals surface area contributed by atoms with E-state index in [4.69, 9.17) is 18.5 Å². The minimum absolute atomic E-state index is 0.0348. The molecular weight excluding hydrogens is 665 g/mol. The largest absolute Gasteiger partial charge is 0.472 e. The Morgan fingerprint density at radius 2 is 1.04 bits per heavy atom. The van der Waals surface area contributed by atoms with E-state index in [1.54, 1.807) is 0 Å². The summed E-state index contributed by atoms with van der Waals surface area (Å²) in [5, 5.41) is 0. The molecule has 0 aromatic heterocycles. The molecule has 51 heavy (non-hydrogen) atoms. The molecule has 0 heterocycles. The molecule has 0 saturated heterocycles. The second-order valence-corrected chi connectivity index (χ2v) is 17.5. The van der Waals surface area contributed by atoms with Gasteiger partial charge in [0, 0.05) is 12.8 Å². The van der Waals surface area contributed by atoms with Crippen molar-refractivity contribution in [2.45, 2.75) is 200 Å². The zero-order valence-corrected chi connectivity index (χ0v) is 35.2. The van der Waals surface area contributed by atoms with Crippen LogP contribution < -0.4 is 0 Å². The van der Waals surface area contributed by atoms with Crippen molar-refractivity contribution < 1.29 is 42.1 Å². The van der Waals surface area contributed by atoms with Gasteiger partial charge in [-0.05, 0) is 18.8 Å². The Hall–Kier alpha value is -0.990. The van der Waals surface area contributed by atoms with Crippen molar-refractivity contribution in [2.75, 3.05) is 47.5 Å². The summed E-state index contributed by atoms with van der Waals surface area (Å²) in [6.45, 7) is 6.60. The fourth-order valence-electron chi connectivity index (χ4n) is 6.04. The first-order valence-electron chi connectivity index (χ1n) is 21.2. The van der Waals surface area contributed by atoms with Crippen LogP contribution in [0.25, 0.3) is 0 Å². The highest BCUT2D eigenvalue weighted by molar-refractivity contribution is 7.47. The summed E-state index contributed by atoms with van der Waals surface area (Å²) in [5.74, 6) is -0.367. The fraction of sp³-hybridized carbons (Fsp3) is 0.951. The molecule has 1 N–H and O–H groups in total. The van der Waals surface area contributed by atoms with Crippen molar-refractivity contribution in [2.24, 2.45) is 5.92 Å². The average molecular weight is 749 g/mol. The summed E-state index contributed by atoms with van der Waals surface area (Å²) in [4.78, 5) is 35.4. The van der Waals surface area contributed by atoms with Crippen molar-refractivity contribution in [1.82, 2.24) is 0 Å². The highest BCUT2D eigenvalue weighted by atomic mass is 31.2. The third-order valence-electron chi connectivity index (χ3n) is 9.54. The van der Waals surface area contributed by atoms with Crippen LogP contribution in [-0.4, -0.2) is 74.9 Å². The third-order valence-corrected chi connectivity index (χ3v) is 10.5. The SMILES string of the molecule is CCCCCCCCCCCCCCCC(=O)O[C@H](COC(=O)CCC(C)CCCCCCCCCCCC)COP(=O)(O)OCC[N+](C)(C)C. The summed E-state index contributed by atoms with van der Waals surface area (Å²) in [6, 6.07) is 0. The van der Waals surface area contributed by atoms with E-state index < -0.39 is 26.5 Å². The van der Waals surface area contributed by atoms with E-state index in [0.29, 0.717) is 23.4 Å². The van der Waals surface area contributed by atoms with Crippen LogP contribution in [0.3, 0.4) is 0 Å². The zero-order valence-electron chi connectivity index (χ0n) is 34.3. The van der Waals surface area contributed by atoms with Crippen molar-refractivity contribution in [3.05, 3.63) is 0 Å². The molecular formula is C41H83NO8P+. The van der Waals surface area contributed by atoms with Gasteiger partial charge in [0.15, 0.2) is 6.10 Å². The number of unbranched alkanes of at least 4 members (excludes halogenated alkanes) is 21. The molecule has 9 nitrogen and oxygen atoms in total. The van der Waals surface area contributed by atoms with E-state index in [-0.39, 0.29) is 32.0 Å². The maximum Gasteiger partial charge on any atom is 0.472 e. The molecule has 0 spiro atoms. The number of hydrogen-bond donors (Lipinski definition) is 1. The first kappa shape index (κ1) is 50.0. The van der Waals surface area contributed by atoms with Gasteiger partial charge in [0.25, 0.3) is 0 Å². The second kappa shape index (κ2) is 33.6. The highest BCUT2D eigenvalue weighted by Gasteiger charge is 2.27. The normalized spacial score (nSPS) is 14.3. The molecule has 0 aromatic carbocycles. The Kier molecular flexibility index (Phi) is 32.9. The van der Waals surface area contributed by atoms with Crippen LogP contribution in [0.2, 0.25) is 0 Å². The van der Waals surface area contributed by atoms with Crippen molar-refractivity contribution >= 4 is 19.8 Å². The van der Waals surface area contributed by atoms with Gasteiger partial charge >= 0.3 is 19.8 Å². The predicted molar refractivity (Wildman–Crippen MR) is 211 cm³/mol. The second-order valence-electron chi connectivity index (χ2n) is 16.0. The van der Waals surface area contributed by atoms with Gasteiger partial charge in [0.05, 0.1) is 27.7 Å². The summed E-state index contributed by atoms with van der Waals surface area (Å²) in [7, 11) is 1.48. The van der Waals surface area contributed by atoms with Gasteiger partial charge in [0.2, 0.25) is 0 Å². The predicted octanol–water partition coefficient (Wildman–Crippen LogP) is 11.5. The van der Waals surface area contributed by atoms with Crippen molar-refractivity contribution in [3.63, 3.8) is 0 Å². The van der Waals surface area contributed by atoms with E-state index in [2.05, 4.69) is 20.8 Å². The molecule has 0 aliphatic carbocycles. The lowest BCUT2D eigenvalue weighted by molar-refractivity contribution is -0.870. The Balaban J connectivity index is 4.47. The van der Waals surface area contributed by atoms with Gasteiger partial charge in [-0.3, -0.25) is 18.6 Å². The fourth-order valence-corrected chi connectivity index (χ4v) is 6.78. The molecule has 0 aliphatic heterocycles. The van der Waals surface area contributed by atoms with E-state index in [1.165, 1.54) is 128 Å². The molecule has 2 unspecified atom stereocenters. The van der Waals surface area contributed by atoms with Crippen LogP contribution in [0.5, 0.6) is 0 Å². The Morgan fingerprint density at radius 3 is 1.51 bits per heavy atom. The first-order chi connectivity index (χ1) is 24.4. The topological polar surface area (TPSA) is 108 Å². The number of nitrogens with zero attached hydrogens (tertiary/aromatic N) is 1. The molecule has 0 aromatic rings. The summed E-state index contributed by atoms with van der Waals surface area (Å²) >= 11 is 0. The molecule has 304 valence electrons. The molecule has 0 radical (unpaired) electrons. The van der Waals surface area contributed by atoms with Crippen molar-refractivity contribution in [1.29, 1.82) is 0 Å². The van der Waals surface area contributed by atoms with Crippen molar-refractivity contribution in [3.8, 4) is 0 Å². The number of carbonyl (C=O) groups is 2. The Morgan fingerprint density at radius 1 is 0.588 bits per heavy atom. The van der Waals surface area contributed by atoms with Gasteiger partial charge < -0.3 is 18.9 Å². The number of phosphoric acid groups is 1. The number of likely N-dealkylation sites (N-methyl/N-ethyl adjacent to an activating group) is 1. The standard InChI is InChI=1S/C41H82NO8P/c1-7-9-11-13-15-17-19-20-21-23-25-27-29-31-41(44)50-39(37-49-51(45,46)48-35-34-42(4,5)6)36-47-40(43)33-32-38(3)30-28-26-24-22-18-16-14-12-10-8-2/h38-39H,7-37H2,1-6H3/p+1/t38?,39-/m1/s1. The van der Waals surface area contributed by atoms with Gasteiger partial charge in [-0.2, -0.15) is 0 Å². The smallest absolute Gasteiger partial charge is 0.462 e. The number of rotatable bonds is 38. The molecule has 0 saturated carbocycles. The van der Waals surface area contributed by atoms with Gasteiger partial charge in [-0.15, -0.1) is 0 Å². The highest BCUT2D eigenvalue weighted by Crippen LogP contribution is 2.43. The number of esters is 2. The Bertz CT molecular complexity index is 865. The van der Waals surface area contributed by atoms with Crippen LogP contribution in [0, 0.1) is 5.92 Å². The summed E-state index contributed by atoms with van der Waals surface area (Å²) < 4.78 is 34.4.